The van der Waals surface area contributed by atoms with Crippen LogP contribution in [0.1, 0.15) is 22.5 Å². The van der Waals surface area contributed by atoms with E-state index in [9.17, 15) is 13.6 Å². The molecule has 82 valence electrons. The van der Waals surface area contributed by atoms with Gasteiger partial charge < -0.3 is 10.5 Å². The standard InChI is InChI=1S/C8H7ClF2N2O2/c1-15-8(14)4-3(12)2-13-6(5(4)9)7(10)11/h2,7H,12H2,1H3. The monoisotopic (exact) mass is 236 g/mol. The van der Waals surface area contributed by atoms with Crippen molar-refractivity contribution in [2.24, 2.45) is 0 Å². The molecule has 0 atom stereocenters. The van der Waals surface area contributed by atoms with Crippen molar-refractivity contribution in [2.75, 3.05) is 12.8 Å². The number of anilines is 1. The van der Waals surface area contributed by atoms with Crippen LogP contribution in [0, 0.1) is 0 Å². The zero-order chi connectivity index (χ0) is 11.6. The number of methoxy groups -OCH3 is 1. The second kappa shape index (κ2) is 4.39. The van der Waals surface area contributed by atoms with Crippen LogP contribution in [-0.2, 0) is 4.74 Å². The van der Waals surface area contributed by atoms with Crippen molar-refractivity contribution in [3.8, 4) is 0 Å². The summed E-state index contributed by atoms with van der Waals surface area (Å²) in [6.45, 7) is 0. The highest BCUT2D eigenvalue weighted by molar-refractivity contribution is 6.34. The molecule has 0 saturated heterocycles. The van der Waals surface area contributed by atoms with Gasteiger partial charge in [-0.25, -0.2) is 13.6 Å². The summed E-state index contributed by atoms with van der Waals surface area (Å²) in [6.07, 6.45) is -1.93. The van der Waals surface area contributed by atoms with Gasteiger partial charge in [0.2, 0.25) is 0 Å². The van der Waals surface area contributed by atoms with Gasteiger partial charge in [-0.2, -0.15) is 0 Å². The zero-order valence-electron chi connectivity index (χ0n) is 7.63. The van der Waals surface area contributed by atoms with Gasteiger partial charge in [-0.3, -0.25) is 4.98 Å². The lowest BCUT2D eigenvalue weighted by Gasteiger charge is -2.08. The van der Waals surface area contributed by atoms with Gasteiger partial charge >= 0.3 is 5.97 Å². The normalized spacial score (nSPS) is 10.5. The first-order valence-electron chi connectivity index (χ1n) is 3.79. The summed E-state index contributed by atoms with van der Waals surface area (Å²) >= 11 is 5.56. The van der Waals surface area contributed by atoms with Crippen LogP contribution < -0.4 is 5.73 Å². The Labute approximate surface area is 89.0 Å². The lowest BCUT2D eigenvalue weighted by Crippen LogP contribution is -2.09. The first kappa shape index (κ1) is 11.6. The van der Waals surface area contributed by atoms with E-state index in [1.54, 1.807) is 0 Å². The largest absolute Gasteiger partial charge is 0.465 e. The topological polar surface area (TPSA) is 65.2 Å². The third-order valence-corrected chi connectivity index (χ3v) is 2.05. The first-order valence-corrected chi connectivity index (χ1v) is 4.17. The van der Waals surface area contributed by atoms with Crippen molar-refractivity contribution in [3.05, 3.63) is 22.5 Å². The van der Waals surface area contributed by atoms with E-state index in [-0.39, 0.29) is 11.3 Å². The van der Waals surface area contributed by atoms with E-state index < -0.39 is 23.1 Å². The number of carbonyl (C=O) groups excluding carboxylic acids is 1. The number of carbonyl (C=O) groups is 1. The Morgan fingerprint density at radius 1 is 1.67 bits per heavy atom. The molecule has 0 unspecified atom stereocenters. The molecule has 1 heterocycles. The molecule has 4 nitrogen and oxygen atoms in total. The van der Waals surface area contributed by atoms with E-state index in [2.05, 4.69) is 9.72 Å². The number of esters is 1. The number of nitrogens with zero attached hydrogens (tertiary/aromatic N) is 1. The number of nitrogens with two attached hydrogens (primary N) is 1. The second-order valence-electron chi connectivity index (χ2n) is 2.58. The Hall–Kier alpha value is -1.43. The van der Waals surface area contributed by atoms with Crippen LogP contribution in [0.25, 0.3) is 0 Å². The number of halogens is 3. The summed E-state index contributed by atoms with van der Waals surface area (Å²) in [6, 6.07) is 0. The number of hydrogen-bond donors (Lipinski definition) is 1. The van der Waals surface area contributed by atoms with Crippen LogP contribution in [-0.4, -0.2) is 18.1 Å². The molecule has 0 saturated carbocycles. The van der Waals surface area contributed by atoms with Crippen LogP contribution in [0.15, 0.2) is 6.20 Å². The van der Waals surface area contributed by atoms with Crippen molar-refractivity contribution in [1.29, 1.82) is 0 Å². The van der Waals surface area contributed by atoms with Crippen molar-refractivity contribution in [3.63, 3.8) is 0 Å². The van der Waals surface area contributed by atoms with Crippen molar-refractivity contribution in [2.45, 2.75) is 6.43 Å². The SMILES string of the molecule is COC(=O)c1c(N)cnc(C(F)F)c1Cl. The minimum absolute atomic E-state index is 0.101. The van der Waals surface area contributed by atoms with Crippen molar-refractivity contribution < 1.29 is 18.3 Å². The van der Waals surface area contributed by atoms with E-state index in [0.29, 0.717) is 0 Å². The number of pyridine rings is 1. The molecular formula is C8H7ClF2N2O2. The highest BCUT2D eigenvalue weighted by Crippen LogP contribution is 2.31. The quantitative estimate of drug-likeness (QED) is 0.798. The van der Waals surface area contributed by atoms with Gasteiger partial charge in [0.05, 0.1) is 24.0 Å². The maximum absolute atomic E-state index is 12.4. The molecule has 0 fully saturated rings. The maximum Gasteiger partial charge on any atom is 0.341 e. The molecular weight excluding hydrogens is 230 g/mol. The molecule has 0 radical (unpaired) electrons. The molecule has 15 heavy (non-hydrogen) atoms. The summed E-state index contributed by atoms with van der Waals surface area (Å²) in [5.41, 5.74) is 4.30. The molecule has 0 spiro atoms. The number of hydrogen-bond acceptors (Lipinski definition) is 4. The third-order valence-electron chi connectivity index (χ3n) is 1.67. The molecule has 7 heteroatoms. The Bertz CT molecular complexity index is 398. The van der Waals surface area contributed by atoms with Gasteiger partial charge in [0.1, 0.15) is 11.3 Å². The molecule has 0 aliphatic heterocycles. The molecule has 1 aromatic heterocycles. The predicted molar refractivity (Wildman–Crippen MR) is 50.0 cm³/mol. The average molecular weight is 237 g/mol. The van der Waals surface area contributed by atoms with Crippen molar-refractivity contribution >= 4 is 23.3 Å². The Morgan fingerprint density at radius 3 is 2.73 bits per heavy atom. The summed E-state index contributed by atoms with van der Waals surface area (Å²) in [4.78, 5) is 14.5. The summed E-state index contributed by atoms with van der Waals surface area (Å²) in [5, 5.41) is -0.475. The number of nitrogen functional groups attached to an aromatic ring is 1. The molecule has 0 amide bonds. The van der Waals surface area contributed by atoms with Crippen LogP contribution in [0.5, 0.6) is 0 Å². The highest BCUT2D eigenvalue weighted by atomic mass is 35.5. The number of aromatic nitrogens is 1. The fourth-order valence-corrected chi connectivity index (χ4v) is 1.29. The molecule has 0 aliphatic rings. The van der Waals surface area contributed by atoms with Gasteiger partial charge in [-0.1, -0.05) is 11.6 Å². The Kier molecular flexibility index (Phi) is 3.41. The van der Waals surface area contributed by atoms with Gasteiger partial charge in [-0.05, 0) is 0 Å². The van der Waals surface area contributed by atoms with Crippen molar-refractivity contribution in [1.82, 2.24) is 4.98 Å². The number of alkyl halides is 2. The fraction of sp³-hybridized carbons (Fsp3) is 0.250. The number of rotatable bonds is 2. The summed E-state index contributed by atoms with van der Waals surface area (Å²) in [7, 11) is 1.10. The van der Waals surface area contributed by atoms with Crippen LogP contribution in [0.3, 0.4) is 0 Å². The van der Waals surface area contributed by atoms with E-state index in [1.165, 1.54) is 0 Å². The Balaban J connectivity index is 3.36. The van der Waals surface area contributed by atoms with Crippen LogP contribution >= 0.6 is 11.6 Å². The lowest BCUT2D eigenvalue weighted by molar-refractivity contribution is 0.0601. The van der Waals surface area contributed by atoms with E-state index in [0.717, 1.165) is 13.3 Å². The predicted octanol–water partition coefficient (Wildman–Crippen LogP) is 2.04. The molecule has 2 N–H and O–H groups in total. The van der Waals surface area contributed by atoms with Crippen LogP contribution in [0.4, 0.5) is 14.5 Å². The minimum atomic E-state index is -2.87. The molecule has 0 aromatic carbocycles. The van der Waals surface area contributed by atoms with E-state index in [4.69, 9.17) is 17.3 Å². The summed E-state index contributed by atoms with van der Waals surface area (Å²) in [5.74, 6) is -0.873. The van der Waals surface area contributed by atoms with Crippen LogP contribution in [0.2, 0.25) is 5.02 Å². The maximum atomic E-state index is 12.4. The first-order chi connectivity index (χ1) is 6.99. The number of ether oxygens (including phenoxy) is 1. The van der Waals surface area contributed by atoms with E-state index in [1.807, 2.05) is 0 Å². The average Bonchev–Trinajstić information content (AvgIpc) is 2.16. The van der Waals surface area contributed by atoms with Gasteiger partial charge in [0.25, 0.3) is 6.43 Å². The minimum Gasteiger partial charge on any atom is -0.465 e. The van der Waals surface area contributed by atoms with Gasteiger partial charge in [-0.15, -0.1) is 0 Å². The molecule has 1 aromatic rings. The second-order valence-corrected chi connectivity index (χ2v) is 2.96. The van der Waals surface area contributed by atoms with E-state index >= 15 is 0 Å². The third kappa shape index (κ3) is 2.15. The molecule has 1 rings (SSSR count). The van der Waals surface area contributed by atoms with Gasteiger partial charge in [0, 0.05) is 0 Å². The smallest absolute Gasteiger partial charge is 0.341 e. The van der Waals surface area contributed by atoms with Gasteiger partial charge in [0.15, 0.2) is 0 Å². The lowest BCUT2D eigenvalue weighted by atomic mass is 10.2. The molecule has 0 aliphatic carbocycles. The highest BCUT2D eigenvalue weighted by Gasteiger charge is 2.23. The summed E-state index contributed by atoms with van der Waals surface area (Å²) < 4.78 is 29.1. The fourth-order valence-electron chi connectivity index (χ4n) is 0.977. The Morgan fingerprint density at radius 2 is 2.27 bits per heavy atom. The zero-order valence-corrected chi connectivity index (χ0v) is 8.39. The molecule has 0 bridgehead atoms.